The molecule has 4 saturated heterocycles. The highest BCUT2D eigenvalue weighted by molar-refractivity contribution is 5.97. The van der Waals surface area contributed by atoms with Crippen LogP contribution in [0.15, 0.2) is 121 Å². The quantitative estimate of drug-likeness (QED) is 0.0588. The van der Waals surface area contributed by atoms with E-state index in [1.165, 1.54) is 0 Å². The van der Waals surface area contributed by atoms with Crippen LogP contribution in [0.4, 0.5) is 0 Å². The predicted octanol–water partition coefficient (Wildman–Crippen LogP) is -0.347. The zero-order valence-electron chi connectivity index (χ0n) is 50.8. The standard InChI is InChI=1S/C68H72N4O24/c73-25-45-53(77)57(81)61(85)65(93-45)89-33-9-1-29(2-10-33)49-37-17-19-39(69-37)50(30-3-11-34(12-4-30)90-66-62(86)58(82)54(78)46(26-74)94-66)41-21-23-43(71-41)52(32-7-15-36(16-8-32)92-68-64(88)60(84)56(80)48(28-76)96-68)44-24-22-42(72-44)51(40-20-18-38(49)70-40)31-5-13-35(14-6-31)91-67-63(87)59(83)55(79)47(27-75)95-67/h1-21,23,45-48,53-68,70-71,73-88H,22,24-28H2/t45-,46-,47-,48-,53+,54+,55+,56+,57+,58+,59+,60+,61-,62-,63-,64-,65-,66-,67-,68-/m1/s1. The van der Waals surface area contributed by atoms with Crippen molar-refractivity contribution in [3.8, 4) is 67.5 Å². The maximum atomic E-state index is 10.9. The first-order valence-electron chi connectivity index (χ1n) is 31.1. The van der Waals surface area contributed by atoms with Crippen LogP contribution in [0, 0.1) is 0 Å². The summed E-state index contributed by atoms with van der Waals surface area (Å²) < 4.78 is 46.6. The number of ether oxygens (including phenoxy) is 8. The molecule has 18 N–H and O–H groups in total. The van der Waals surface area contributed by atoms with E-state index in [2.05, 4.69) is 9.97 Å². The fourth-order valence-electron chi connectivity index (χ4n) is 12.7. The van der Waals surface area contributed by atoms with Gasteiger partial charge in [0.1, 0.15) is 121 Å². The van der Waals surface area contributed by atoms with Crippen molar-refractivity contribution < 1.29 is 120 Å². The van der Waals surface area contributed by atoms with Crippen LogP contribution < -0.4 is 18.9 Å². The van der Waals surface area contributed by atoms with Crippen molar-refractivity contribution in [3.63, 3.8) is 0 Å². The van der Waals surface area contributed by atoms with E-state index in [-0.39, 0.29) is 23.0 Å². The summed E-state index contributed by atoms with van der Waals surface area (Å²) in [4.78, 5) is 18.1. The van der Waals surface area contributed by atoms with Gasteiger partial charge in [-0.3, -0.25) is 4.98 Å². The Morgan fingerprint density at radius 3 is 0.792 bits per heavy atom. The number of aromatic nitrogens is 4. The molecular weight excluding hydrogens is 1260 g/mol. The molecule has 6 aliphatic rings. The average molecular weight is 1330 g/mol. The minimum atomic E-state index is -1.68. The summed E-state index contributed by atoms with van der Waals surface area (Å²) in [5.41, 5.74) is 9.60. The Balaban J connectivity index is 0.979. The van der Waals surface area contributed by atoms with Crippen molar-refractivity contribution in [1.29, 1.82) is 0 Å². The van der Waals surface area contributed by atoms with Crippen LogP contribution in [0.1, 0.15) is 22.8 Å². The molecule has 20 atom stereocenters. The predicted molar refractivity (Wildman–Crippen MR) is 337 cm³/mol. The van der Waals surface area contributed by atoms with Gasteiger partial charge >= 0.3 is 0 Å². The van der Waals surface area contributed by atoms with E-state index in [1.54, 1.807) is 97.1 Å². The Hall–Kier alpha value is -7.86. The highest BCUT2D eigenvalue weighted by atomic mass is 16.7. The molecule has 8 bridgehead atoms. The van der Waals surface area contributed by atoms with Crippen molar-refractivity contribution in [3.05, 3.63) is 144 Å². The lowest BCUT2D eigenvalue weighted by Gasteiger charge is -2.39. The van der Waals surface area contributed by atoms with Gasteiger partial charge in [0.05, 0.1) is 49.2 Å². The third-order valence-corrected chi connectivity index (χ3v) is 18.0. The molecule has 4 aromatic carbocycles. The van der Waals surface area contributed by atoms with E-state index >= 15 is 0 Å². The van der Waals surface area contributed by atoms with Crippen LogP contribution in [0.3, 0.4) is 0 Å². The van der Waals surface area contributed by atoms with Gasteiger partial charge in [0.2, 0.25) is 25.2 Å². The van der Waals surface area contributed by atoms with Gasteiger partial charge in [-0.05, 0) is 120 Å². The molecule has 4 fully saturated rings. The van der Waals surface area contributed by atoms with Crippen LogP contribution in [-0.4, -0.2) is 251 Å². The molecule has 7 aromatic rings. The van der Waals surface area contributed by atoms with Gasteiger partial charge in [0.25, 0.3) is 0 Å². The number of nitrogens with one attached hydrogen (secondary N) is 2. The summed E-state index contributed by atoms with van der Waals surface area (Å²) in [5, 5.41) is 167. The van der Waals surface area contributed by atoms with Crippen molar-refractivity contribution in [2.45, 2.75) is 136 Å². The number of H-pyrrole nitrogens is 2. The molecule has 0 saturated carbocycles. The van der Waals surface area contributed by atoms with Gasteiger partial charge in [0.15, 0.2) is 0 Å². The molecule has 6 aliphatic heterocycles. The summed E-state index contributed by atoms with van der Waals surface area (Å²) >= 11 is 0. The number of hydrogen-bond donors (Lipinski definition) is 18. The number of aromatic amines is 2. The van der Waals surface area contributed by atoms with Gasteiger partial charge in [-0.2, -0.15) is 0 Å². The van der Waals surface area contributed by atoms with E-state index in [0.29, 0.717) is 102 Å². The second kappa shape index (κ2) is 27.9. The molecule has 0 aliphatic carbocycles. The maximum Gasteiger partial charge on any atom is 0.229 e. The lowest BCUT2D eigenvalue weighted by atomic mass is 9.99. The SMILES string of the molecule is OC[C@H]1O[C@@H](Oc2ccc(-c3c4nc(c(-c5ccc(O[C@@H]6O[C@H](CO)[C@H](O)[C@H](O)[C@H]6O)cc5)c5ccc([nH]5)c(-c5ccc(O[C@@H]6O[C@H](CO)[C@H](O)[C@H](O)[C@H]6O)cc5)c5nc(c(-c6ccc(O[C@@H]7O[C@H](CO)[C@H](O)[C@H](O)[C@H]7O)cc6)c6ccc3[nH]6)CC5)C=C4)cc2)[C@H](O)[C@@H](O)[C@H]1O. The Labute approximate surface area is 545 Å². The largest absolute Gasteiger partial charge is 0.462 e. The smallest absolute Gasteiger partial charge is 0.229 e. The monoisotopic (exact) mass is 1330 g/mol. The Morgan fingerprint density at radius 2 is 0.542 bits per heavy atom. The van der Waals surface area contributed by atoms with Gasteiger partial charge in [-0.25, -0.2) is 4.98 Å². The Morgan fingerprint density at radius 1 is 0.302 bits per heavy atom. The molecule has 96 heavy (non-hydrogen) atoms. The van der Waals surface area contributed by atoms with Crippen molar-refractivity contribution >= 4 is 34.2 Å². The third kappa shape index (κ3) is 12.9. The topological polar surface area (TPSA) is 455 Å². The maximum absolute atomic E-state index is 10.9. The number of aryl methyl sites for hydroxylation is 2. The van der Waals surface area contributed by atoms with E-state index in [1.807, 2.05) is 36.4 Å². The normalized spacial score (nSPS) is 31.4. The van der Waals surface area contributed by atoms with Crippen LogP contribution >= 0.6 is 0 Å². The zero-order chi connectivity index (χ0) is 67.4. The van der Waals surface area contributed by atoms with E-state index < -0.39 is 149 Å². The molecule has 28 heteroatoms. The van der Waals surface area contributed by atoms with Crippen LogP contribution in [0.2, 0.25) is 0 Å². The van der Waals surface area contributed by atoms with E-state index in [0.717, 1.165) is 0 Å². The average Bonchev–Trinajstić information content (AvgIpc) is 1.66. The van der Waals surface area contributed by atoms with Gasteiger partial charge < -0.3 is 130 Å². The molecule has 508 valence electrons. The molecule has 0 radical (unpaired) electrons. The van der Waals surface area contributed by atoms with Crippen LogP contribution in [0.5, 0.6) is 23.0 Å². The Bertz CT molecular complexity index is 3820. The Kier molecular flexibility index (Phi) is 19.4. The molecule has 28 nitrogen and oxygen atoms in total. The highest BCUT2D eigenvalue weighted by Crippen LogP contribution is 2.41. The number of aliphatic hydroxyl groups excluding tert-OH is 16. The molecular formula is C68H72N4O24. The lowest BCUT2D eigenvalue weighted by Crippen LogP contribution is -2.60. The highest BCUT2D eigenvalue weighted by Gasteiger charge is 2.48. The number of hydrogen-bond acceptors (Lipinski definition) is 26. The first-order chi connectivity index (χ1) is 46.3. The number of aliphatic hydroxyl groups is 16. The summed E-state index contributed by atoms with van der Waals surface area (Å²) in [6.45, 7) is -2.63. The number of fused-ring (bicyclic) bond motifs is 8. The second-order valence-electron chi connectivity index (χ2n) is 24.2. The lowest BCUT2D eigenvalue weighted by molar-refractivity contribution is -0.277. The first kappa shape index (κ1) is 66.7. The number of nitrogens with zero attached hydrogens (tertiary/aromatic N) is 2. The summed E-state index contributed by atoms with van der Waals surface area (Å²) in [6, 6.07) is 34.7. The summed E-state index contributed by atoms with van der Waals surface area (Å²) in [5.74, 6) is 0.824. The number of rotatable bonds is 16. The third-order valence-electron chi connectivity index (χ3n) is 18.0. The molecule has 0 unspecified atom stereocenters. The van der Waals surface area contributed by atoms with Crippen molar-refractivity contribution in [1.82, 2.24) is 19.9 Å². The molecule has 9 heterocycles. The first-order valence-corrected chi connectivity index (χ1v) is 31.1. The van der Waals surface area contributed by atoms with Crippen LogP contribution in [-0.2, 0) is 31.8 Å². The fourth-order valence-corrected chi connectivity index (χ4v) is 12.7. The number of benzene rings is 4. The van der Waals surface area contributed by atoms with E-state index in [4.69, 9.17) is 47.9 Å². The van der Waals surface area contributed by atoms with E-state index in [9.17, 15) is 81.7 Å². The summed E-state index contributed by atoms with van der Waals surface area (Å²) in [6.07, 6.45) is -26.1. The molecule has 0 amide bonds. The van der Waals surface area contributed by atoms with Crippen molar-refractivity contribution in [2.24, 2.45) is 0 Å². The fraction of sp³-hybridized carbons (Fsp3) is 0.382. The molecule has 3 aromatic heterocycles. The minimum Gasteiger partial charge on any atom is -0.462 e. The summed E-state index contributed by atoms with van der Waals surface area (Å²) in [7, 11) is 0. The molecule has 13 rings (SSSR count). The second-order valence-corrected chi connectivity index (χ2v) is 24.2. The van der Waals surface area contributed by atoms with Crippen molar-refractivity contribution in [2.75, 3.05) is 26.4 Å². The van der Waals surface area contributed by atoms with Gasteiger partial charge in [0, 0.05) is 44.3 Å². The zero-order valence-corrected chi connectivity index (χ0v) is 50.8. The minimum absolute atomic E-state index is 0.201. The van der Waals surface area contributed by atoms with Gasteiger partial charge in [-0.15, -0.1) is 0 Å². The molecule has 0 spiro atoms. The van der Waals surface area contributed by atoms with Crippen LogP contribution in [0.25, 0.3) is 78.7 Å². The van der Waals surface area contributed by atoms with Gasteiger partial charge in [-0.1, -0.05) is 48.5 Å².